The first-order valence-corrected chi connectivity index (χ1v) is 9.11. The monoisotopic (exact) mass is 381 g/mol. The molecule has 3 aromatic rings. The van der Waals surface area contributed by atoms with Gasteiger partial charge in [0.2, 0.25) is 0 Å². The number of aromatic nitrogens is 3. The fraction of sp³-hybridized carbons (Fsp3) is 0.143. The number of alkyl halides is 2. The third kappa shape index (κ3) is 4.48. The molecule has 3 rings (SSSR count). The van der Waals surface area contributed by atoms with E-state index in [9.17, 15) is 8.78 Å². The second-order valence-electron chi connectivity index (χ2n) is 6.19. The fourth-order valence-electron chi connectivity index (χ4n) is 2.70. The second-order valence-corrected chi connectivity index (χ2v) is 6.60. The average Bonchev–Trinajstić information content (AvgIpc) is 3.14. The highest BCUT2D eigenvalue weighted by Gasteiger charge is 2.24. The molecule has 0 saturated heterocycles. The van der Waals surface area contributed by atoms with Gasteiger partial charge < -0.3 is 0 Å². The lowest BCUT2D eigenvalue weighted by molar-refractivity contribution is 0.0174. The summed E-state index contributed by atoms with van der Waals surface area (Å²) in [6, 6.07) is 12.6. The van der Waals surface area contributed by atoms with Gasteiger partial charge in [-0.3, -0.25) is 0 Å². The van der Waals surface area contributed by atoms with E-state index in [0.717, 1.165) is 29.2 Å². The topological polar surface area (TPSA) is 41.6 Å². The second kappa shape index (κ2) is 7.82. The van der Waals surface area contributed by atoms with Crippen molar-refractivity contribution in [2.45, 2.75) is 19.0 Å². The molecular formula is C21H18F2N3P. The third-order valence-electron chi connectivity index (χ3n) is 4.08. The lowest BCUT2D eigenvalue weighted by Gasteiger charge is -2.13. The zero-order chi connectivity index (χ0) is 19.4. The first-order valence-electron chi connectivity index (χ1n) is 8.29. The summed E-state index contributed by atoms with van der Waals surface area (Å²) in [6.45, 7) is 0.910. The first-order chi connectivity index (χ1) is 12.9. The van der Waals surface area contributed by atoms with Crippen molar-refractivity contribution in [3.63, 3.8) is 0 Å². The Bertz CT molecular complexity index is 1030. The molecule has 1 aromatic heterocycles. The number of hydrogen-bond donors (Lipinski definition) is 1. The van der Waals surface area contributed by atoms with Crippen LogP contribution in [0, 0.1) is 12.3 Å². The molecule has 2 aromatic carbocycles. The van der Waals surface area contributed by atoms with Crippen LogP contribution in [0.4, 0.5) is 8.78 Å². The van der Waals surface area contributed by atoms with Crippen molar-refractivity contribution in [3.8, 4) is 23.6 Å². The van der Waals surface area contributed by atoms with E-state index in [0.29, 0.717) is 17.5 Å². The Balaban J connectivity index is 1.93. The number of H-pyrrole nitrogens is 1. The Hall–Kier alpha value is -2.83. The highest BCUT2D eigenvalue weighted by molar-refractivity contribution is 7.15. The first kappa shape index (κ1) is 18.9. The van der Waals surface area contributed by atoms with Gasteiger partial charge in [-0.15, -0.1) is 20.8 Å². The number of benzene rings is 2. The number of nitrogens with one attached hydrogen (secondary N) is 1. The van der Waals surface area contributed by atoms with E-state index in [1.165, 1.54) is 12.1 Å². The molecule has 0 aliphatic heterocycles. The quantitative estimate of drug-likeness (QED) is 0.379. The molecule has 0 radical (unpaired) electrons. The van der Waals surface area contributed by atoms with Gasteiger partial charge in [0.1, 0.15) is 11.4 Å². The van der Waals surface area contributed by atoms with E-state index in [1.54, 1.807) is 0 Å². The molecule has 0 amide bonds. The van der Waals surface area contributed by atoms with Gasteiger partial charge in [-0.2, -0.15) is 0 Å². The van der Waals surface area contributed by atoms with E-state index in [4.69, 9.17) is 6.42 Å². The summed E-state index contributed by atoms with van der Waals surface area (Å²) >= 11 is 0. The molecule has 0 spiro atoms. The third-order valence-corrected chi connectivity index (χ3v) is 4.55. The van der Waals surface area contributed by atoms with Crippen LogP contribution in [0.2, 0.25) is 0 Å². The maximum atomic E-state index is 13.7. The minimum Gasteiger partial charge on any atom is -0.249 e. The Kier molecular flexibility index (Phi) is 5.48. The molecule has 3 nitrogen and oxygen atoms in total. The molecule has 27 heavy (non-hydrogen) atoms. The lowest BCUT2D eigenvalue weighted by Crippen LogP contribution is -2.07. The molecule has 0 bridgehead atoms. The number of halogens is 2. The largest absolute Gasteiger partial charge is 0.270 e. The van der Waals surface area contributed by atoms with Crippen LogP contribution in [0.1, 0.15) is 34.9 Å². The van der Waals surface area contributed by atoms with Crippen molar-refractivity contribution < 1.29 is 8.78 Å². The summed E-state index contributed by atoms with van der Waals surface area (Å²) in [4.78, 5) is 0. The molecule has 1 N–H and O–H groups in total. The van der Waals surface area contributed by atoms with Crippen LogP contribution in [0.25, 0.3) is 23.4 Å². The van der Waals surface area contributed by atoms with Crippen LogP contribution in [-0.4, -0.2) is 15.4 Å². The number of nitrogens with zero attached hydrogens (tertiary/aromatic N) is 2. The molecule has 1 unspecified atom stereocenters. The Morgan fingerprint density at radius 1 is 1.19 bits per heavy atom. The fourth-order valence-corrected chi connectivity index (χ4v) is 2.93. The van der Waals surface area contributed by atoms with Crippen molar-refractivity contribution in [1.29, 1.82) is 0 Å². The molecule has 0 aliphatic carbocycles. The smallest absolute Gasteiger partial charge is 0.249 e. The van der Waals surface area contributed by atoms with Gasteiger partial charge in [0, 0.05) is 18.1 Å². The highest BCUT2D eigenvalue weighted by atomic mass is 31.0. The maximum absolute atomic E-state index is 13.7. The zero-order valence-corrected chi connectivity index (χ0v) is 15.9. The molecule has 6 heteroatoms. The van der Waals surface area contributed by atoms with Crippen molar-refractivity contribution in [2.24, 2.45) is 0 Å². The van der Waals surface area contributed by atoms with E-state index in [-0.39, 0.29) is 5.56 Å². The maximum Gasteiger partial charge on any atom is 0.270 e. The molecule has 0 fully saturated rings. The van der Waals surface area contributed by atoms with E-state index in [1.807, 2.05) is 42.5 Å². The summed E-state index contributed by atoms with van der Waals surface area (Å²) in [6.07, 6.45) is 9.75. The van der Waals surface area contributed by atoms with Crippen molar-refractivity contribution in [2.75, 3.05) is 0 Å². The molecule has 1 atom stereocenters. The Morgan fingerprint density at radius 2 is 1.96 bits per heavy atom. The standard InChI is InChI=1S/C21H18F2N3P/c1-3-19-20(25-26-24-19)17-6-4-5-14(10-17)7-8-15-9-16(13-27)12-18(11-15)21(2,22)23/h1,4-12H,13,27H2,2H3,(H,24,25,26)/b8-7-. The summed E-state index contributed by atoms with van der Waals surface area (Å²) in [5.41, 5.74) is 4.43. The molecular weight excluding hydrogens is 363 g/mol. The van der Waals surface area contributed by atoms with Crippen LogP contribution >= 0.6 is 9.24 Å². The highest BCUT2D eigenvalue weighted by Crippen LogP contribution is 2.30. The summed E-state index contributed by atoms with van der Waals surface area (Å²) in [5.74, 6) is -0.365. The van der Waals surface area contributed by atoms with Gasteiger partial charge in [0.25, 0.3) is 5.92 Å². The normalized spacial score (nSPS) is 11.7. The van der Waals surface area contributed by atoms with Crippen molar-refractivity contribution in [1.82, 2.24) is 15.4 Å². The number of aromatic amines is 1. The zero-order valence-electron chi connectivity index (χ0n) is 14.7. The van der Waals surface area contributed by atoms with Gasteiger partial charge in [0.15, 0.2) is 0 Å². The number of rotatable bonds is 5. The van der Waals surface area contributed by atoms with Crippen molar-refractivity contribution in [3.05, 3.63) is 70.4 Å². The Morgan fingerprint density at radius 3 is 2.67 bits per heavy atom. The van der Waals surface area contributed by atoms with Crippen molar-refractivity contribution >= 4 is 21.4 Å². The van der Waals surface area contributed by atoms with Gasteiger partial charge in [-0.1, -0.05) is 41.6 Å². The van der Waals surface area contributed by atoms with Gasteiger partial charge >= 0.3 is 0 Å². The van der Waals surface area contributed by atoms with Gasteiger partial charge in [-0.05, 0) is 47.0 Å². The SMILES string of the molecule is C#Cc1[nH]nnc1-c1cccc(/C=C\c2cc(CP)cc(C(C)(F)F)c2)c1. The summed E-state index contributed by atoms with van der Waals surface area (Å²) in [7, 11) is 2.56. The lowest BCUT2D eigenvalue weighted by atomic mass is 10.0. The van der Waals surface area contributed by atoms with E-state index < -0.39 is 5.92 Å². The molecule has 0 aliphatic rings. The number of terminal acetylenes is 1. The summed E-state index contributed by atoms with van der Waals surface area (Å²) in [5, 5.41) is 10.4. The molecule has 1 heterocycles. The minimum atomic E-state index is -2.88. The van der Waals surface area contributed by atoms with E-state index >= 15 is 0 Å². The Labute approximate surface area is 159 Å². The predicted molar refractivity (Wildman–Crippen MR) is 108 cm³/mol. The summed E-state index contributed by atoms with van der Waals surface area (Å²) < 4.78 is 27.5. The molecule has 0 saturated carbocycles. The van der Waals surface area contributed by atoms with Crippen LogP contribution in [-0.2, 0) is 12.1 Å². The number of hydrogen-bond acceptors (Lipinski definition) is 2. The average molecular weight is 381 g/mol. The van der Waals surface area contributed by atoms with Crippen LogP contribution in [0.15, 0.2) is 42.5 Å². The molecule has 136 valence electrons. The van der Waals surface area contributed by atoms with Crippen LogP contribution in [0.3, 0.4) is 0 Å². The van der Waals surface area contributed by atoms with Gasteiger partial charge in [0.05, 0.1) is 0 Å². The van der Waals surface area contributed by atoms with E-state index in [2.05, 4.69) is 30.6 Å². The van der Waals surface area contributed by atoms with Gasteiger partial charge in [-0.25, -0.2) is 13.9 Å². The van der Waals surface area contributed by atoms with Crippen LogP contribution in [0.5, 0.6) is 0 Å². The van der Waals surface area contributed by atoms with Crippen LogP contribution < -0.4 is 0 Å². The minimum absolute atomic E-state index is 0.0112. The predicted octanol–water partition coefficient (Wildman–Crippen LogP) is 5.11.